The molecule has 5 heteroatoms. The molecule has 1 heterocycles. The van der Waals surface area contributed by atoms with Crippen LogP contribution in [0.3, 0.4) is 0 Å². The van der Waals surface area contributed by atoms with Gasteiger partial charge >= 0.3 is 0 Å². The zero-order chi connectivity index (χ0) is 15.4. The zero-order valence-corrected chi connectivity index (χ0v) is 14.4. The second kappa shape index (κ2) is 7.36. The molecule has 21 heavy (non-hydrogen) atoms. The number of hydrogen-bond donors (Lipinski definition) is 1. The van der Waals surface area contributed by atoms with E-state index in [2.05, 4.69) is 42.9 Å². The van der Waals surface area contributed by atoms with Gasteiger partial charge in [-0.15, -0.1) is 11.3 Å². The maximum absolute atomic E-state index is 12.3. The van der Waals surface area contributed by atoms with Crippen LogP contribution in [0.25, 0.3) is 0 Å². The molecule has 0 atom stereocenters. The van der Waals surface area contributed by atoms with Crippen molar-refractivity contribution in [1.82, 2.24) is 9.88 Å². The van der Waals surface area contributed by atoms with Gasteiger partial charge in [0.2, 0.25) is 5.91 Å². The number of aryl methyl sites for hydroxylation is 2. The quantitative estimate of drug-likeness (QED) is 0.873. The van der Waals surface area contributed by atoms with Gasteiger partial charge in [0.15, 0.2) is 5.13 Å². The molecule has 1 amide bonds. The molecule has 1 aliphatic rings. The highest BCUT2D eigenvalue weighted by Crippen LogP contribution is 2.26. The van der Waals surface area contributed by atoms with Crippen LogP contribution in [0.4, 0.5) is 5.13 Å². The first-order valence-electron chi connectivity index (χ1n) is 8.03. The topological polar surface area (TPSA) is 45.2 Å². The highest BCUT2D eigenvalue weighted by Gasteiger charge is 2.26. The Labute approximate surface area is 132 Å². The molecule has 1 N–H and O–H groups in total. The van der Waals surface area contributed by atoms with Crippen LogP contribution in [0.15, 0.2) is 0 Å². The summed E-state index contributed by atoms with van der Waals surface area (Å²) in [5.41, 5.74) is 1.09. The van der Waals surface area contributed by atoms with E-state index in [0.29, 0.717) is 18.6 Å². The Hall–Kier alpha value is -0.940. The Kier molecular flexibility index (Phi) is 5.76. The van der Waals surface area contributed by atoms with Crippen molar-refractivity contribution in [2.24, 2.45) is 0 Å². The van der Waals surface area contributed by atoms with E-state index in [0.717, 1.165) is 17.2 Å². The molecular weight excluding hydrogens is 282 g/mol. The predicted octanol–water partition coefficient (Wildman–Crippen LogP) is 3.61. The van der Waals surface area contributed by atoms with Crippen molar-refractivity contribution in [2.45, 2.75) is 71.9 Å². The molecule has 1 aliphatic carbocycles. The van der Waals surface area contributed by atoms with Crippen molar-refractivity contribution in [3.63, 3.8) is 0 Å². The zero-order valence-electron chi connectivity index (χ0n) is 13.6. The predicted molar refractivity (Wildman–Crippen MR) is 89.0 cm³/mol. The SMILES string of the molecule is CCc1nc(NC(=O)CN(C(C)C)C2CCCC2)sc1C. The molecule has 0 aromatic carbocycles. The standard InChI is InChI=1S/C16H27N3OS/c1-5-14-12(4)21-16(17-14)18-15(20)10-19(11(2)3)13-8-6-7-9-13/h11,13H,5-10H2,1-4H3,(H,17,18,20). The summed E-state index contributed by atoms with van der Waals surface area (Å²) in [6.07, 6.45) is 5.95. The molecule has 0 spiro atoms. The lowest BCUT2D eigenvalue weighted by Crippen LogP contribution is -2.43. The lowest BCUT2D eigenvalue weighted by molar-refractivity contribution is -0.118. The first-order valence-corrected chi connectivity index (χ1v) is 8.84. The van der Waals surface area contributed by atoms with Gasteiger partial charge in [-0.1, -0.05) is 19.8 Å². The smallest absolute Gasteiger partial charge is 0.240 e. The van der Waals surface area contributed by atoms with Crippen molar-refractivity contribution in [3.05, 3.63) is 10.6 Å². The second-order valence-corrected chi connectivity index (χ2v) is 7.33. The second-order valence-electron chi connectivity index (χ2n) is 6.13. The number of thiazole rings is 1. The fraction of sp³-hybridized carbons (Fsp3) is 0.750. The first kappa shape index (κ1) is 16.4. The van der Waals surface area contributed by atoms with Crippen molar-refractivity contribution in [2.75, 3.05) is 11.9 Å². The summed E-state index contributed by atoms with van der Waals surface area (Å²) in [5, 5.41) is 3.71. The van der Waals surface area contributed by atoms with Gasteiger partial charge < -0.3 is 5.32 Å². The fourth-order valence-electron chi connectivity index (χ4n) is 3.10. The molecule has 0 unspecified atom stereocenters. The van der Waals surface area contributed by atoms with E-state index < -0.39 is 0 Å². The van der Waals surface area contributed by atoms with Crippen LogP contribution in [-0.4, -0.2) is 34.4 Å². The summed E-state index contributed by atoms with van der Waals surface area (Å²) in [4.78, 5) is 20.3. The van der Waals surface area contributed by atoms with E-state index in [1.54, 1.807) is 11.3 Å². The highest BCUT2D eigenvalue weighted by atomic mass is 32.1. The van der Waals surface area contributed by atoms with Crippen molar-refractivity contribution < 1.29 is 4.79 Å². The van der Waals surface area contributed by atoms with E-state index in [1.165, 1.54) is 30.6 Å². The fourth-order valence-corrected chi connectivity index (χ4v) is 4.02. The maximum atomic E-state index is 12.3. The molecule has 0 radical (unpaired) electrons. The van der Waals surface area contributed by atoms with Crippen molar-refractivity contribution in [1.29, 1.82) is 0 Å². The summed E-state index contributed by atoms with van der Waals surface area (Å²) in [7, 11) is 0. The number of carbonyl (C=O) groups is 1. The molecular formula is C16H27N3OS. The average Bonchev–Trinajstić information content (AvgIpc) is 3.05. The third-order valence-electron chi connectivity index (χ3n) is 4.26. The van der Waals surface area contributed by atoms with Gasteiger partial charge in [-0.3, -0.25) is 9.69 Å². The molecule has 0 saturated heterocycles. The lowest BCUT2D eigenvalue weighted by Gasteiger charge is -2.31. The number of hydrogen-bond acceptors (Lipinski definition) is 4. The molecule has 4 nitrogen and oxygen atoms in total. The van der Waals surface area contributed by atoms with Crippen LogP contribution in [-0.2, 0) is 11.2 Å². The largest absolute Gasteiger partial charge is 0.301 e. The third-order valence-corrected chi connectivity index (χ3v) is 5.19. The monoisotopic (exact) mass is 309 g/mol. The number of anilines is 1. The summed E-state index contributed by atoms with van der Waals surface area (Å²) in [5.74, 6) is 0.0620. The van der Waals surface area contributed by atoms with Crippen LogP contribution in [0.1, 0.15) is 57.0 Å². The molecule has 0 bridgehead atoms. The molecule has 1 aromatic rings. The van der Waals surface area contributed by atoms with Crippen molar-refractivity contribution in [3.8, 4) is 0 Å². The summed E-state index contributed by atoms with van der Waals surface area (Å²) in [6, 6.07) is 0.975. The third kappa shape index (κ3) is 4.27. The van der Waals surface area contributed by atoms with Gasteiger partial charge in [0, 0.05) is 17.0 Å². The van der Waals surface area contributed by atoms with Gasteiger partial charge in [0.05, 0.1) is 12.2 Å². The summed E-state index contributed by atoms with van der Waals surface area (Å²) >= 11 is 1.57. The molecule has 1 saturated carbocycles. The Morgan fingerprint density at radius 3 is 2.62 bits per heavy atom. The van der Waals surface area contributed by atoms with Crippen LogP contribution in [0, 0.1) is 6.92 Å². The minimum atomic E-state index is 0.0620. The van der Waals surface area contributed by atoms with E-state index in [-0.39, 0.29) is 5.91 Å². The minimum Gasteiger partial charge on any atom is -0.301 e. The summed E-state index contributed by atoms with van der Waals surface area (Å²) in [6.45, 7) is 8.98. The molecule has 118 valence electrons. The van der Waals surface area contributed by atoms with E-state index in [9.17, 15) is 4.79 Å². The number of rotatable bonds is 6. The maximum Gasteiger partial charge on any atom is 0.240 e. The number of aromatic nitrogens is 1. The molecule has 0 aliphatic heterocycles. The van der Waals surface area contributed by atoms with Crippen LogP contribution in [0.2, 0.25) is 0 Å². The minimum absolute atomic E-state index is 0.0620. The molecule has 2 rings (SSSR count). The number of nitrogens with one attached hydrogen (secondary N) is 1. The van der Waals surface area contributed by atoms with Gasteiger partial charge in [-0.05, 0) is 40.0 Å². The Morgan fingerprint density at radius 2 is 2.10 bits per heavy atom. The van der Waals surface area contributed by atoms with E-state index in [4.69, 9.17) is 0 Å². The number of amides is 1. The average molecular weight is 309 g/mol. The van der Waals surface area contributed by atoms with Gasteiger partial charge in [-0.2, -0.15) is 0 Å². The first-order chi connectivity index (χ1) is 10.0. The summed E-state index contributed by atoms with van der Waals surface area (Å²) < 4.78 is 0. The van der Waals surface area contributed by atoms with E-state index in [1.807, 2.05) is 0 Å². The number of nitrogens with zero attached hydrogens (tertiary/aromatic N) is 2. The molecule has 1 fully saturated rings. The lowest BCUT2D eigenvalue weighted by atomic mass is 10.1. The highest BCUT2D eigenvalue weighted by molar-refractivity contribution is 7.15. The van der Waals surface area contributed by atoms with Crippen LogP contribution >= 0.6 is 11.3 Å². The van der Waals surface area contributed by atoms with Crippen LogP contribution in [0.5, 0.6) is 0 Å². The van der Waals surface area contributed by atoms with Crippen LogP contribution < -0.4 is 5.32 Å². The number of carbonyl (C=O) groups excluding carboxylic acids is 1. The molecule has 1 aromatic heterocycles. The Morgan fingerprint density at radius 1 is 1.43 bits per heavy atom. The van der Waals surface area contributed by atoms with Gasteiger partial charge in [-0.25, -0.2) is 4.98 Å². The van der Waals surface area contributed by atoms with Gasteiger partial charge in [0.25, 0.3) is 0 Å². The van der Waals surface area contributed by atoms with Crippen molar-refractivity contribution >= 4 is 22.4 Å². The Bertz CT molecular complexity index is 478. The van der Waals surface area contributed by atoms with E-state index >= 15 is 0 Å². The van der Waals surface area contributed by atoms with Gasteiger partial charge in [0.1, 0.15) is 0 Å². The normalized spacial score (nSPS) is 16.1. The Balaban J connectivity index is 1.95.